The monoisotopic (exact) mass is 648 g/mol. The average molecular weight is 649 g/mol. The molecule has 1 aromatic heterocycles. The fourth-order valence-electron chi connectivity index (χ4n) is 5.87. The number of amides is 2. The molecule has 10 nitrogen and oxygen atoms in total. The summed E-state index contributed by atoms with van der Waals surface area (Å²) >= 11 is 2.38. The molecule has 1 atom stereocenters. The third-order valence-electron chi connectivity index (χ3n) is 8.11. The van der Waals surface area contributed by atoms with Crippen LogP contribution in [0.3, 0.4) is 0 Å². The number of alkyl halides is 1. The Hall–Kier alpha value is -2.67. The van der Waals surface area contributed by atoms with Crippen molar-refractivity contribution in [3.63, 3.8) is 0 Å². The van der Waals surface area contributed by atoms with Gasteiger partial charge in [-0.2, -0.15) is 4.98 Å². The van der Waals surface area contributed by atoms with Crippen molar-refractivity contribution in [3.8, 4) is 17.5 Å². The molecule has 1 saturated heterocycles. The predicted octanol–water partition coefficient (Wildman–Crippen LogP) is 4.37. The van der Waals surface area contributed by atoms with Gasteiger partial charge in [0, 0.05) is 37.8 Å². The number of carbonyl (C=O) groups excluding carboxylic acids is 2. The molecule has 2 fully saturated rings. The maximum absolute atomic E-state index is 13.1. The number of halogens is 1. The summed E-state index contributed by atoms with van der Waals surface area (Å²) in [5.41, 5.74) is 1.20. The molecule has 11 heteroatoms. The molecule has 210 valence electrons. The Kier molecular flexibility index (Phi) is 8.75. The number of hydrogen-bond donors (Lipinski definition) is 1. The minimum atomic E-state index is -0.255. The van der Waals surface area contributed by atoms with Crippen LogP contribution in [0.25, 0.3) is 0 Å². The number of ether oxygens (including phenoxy) is 2. The van der Waals surface area contributed by atoms with Crippen LogP contribution in [0.15, 0.2) is 24.4 Å². The van der Waals surface area contributed by atoms with Gasteiger partial charge in [-0.25, -0.2) is 4.98 Å². The van der Waals surface area contributed by atoms with Crippen molar-refractivity contribution in [1.82, 2.24) is 20.2 Å². The summed E-state index contributed by atoms with van der Waals surface area (Å²) in [5, 5.41) is 3.16. The zero-order valence-corrected chi connectivity index (χ0v) is 25.0. The number of rotatable bonds is 8. The summed E-state index contributed by atoms with van der Waals surface area (Å²) < 4.78 is 12.7. The lowest BCUT2D eigenvalue weighted by Crippen LogP contribution is -2.55. The third kappa shape index (κ3) is 5.79. The Labute approximate surface area is 243 Å². The molecule has 1 aliphatic carbocycles. The number of likely N-dealkylation sites (tertiary alicyclic amines) is 1. The Morgan fingerprint density at radius 2 is 1.90 bits per heavy atom. The lowest BCUT2D eigenvalue weighted by Gasteiger charge is -2.43. The fourth-order valence-corrected chi connectivity index (χ4v) is 6.56. The number of benzene rings is 1. The first kappa shape index (κ1) is 27.9. The number of likely N-dealkylation sites (N-methyl/N-ethyl adjacent to an activating group) is 1. The number of nitrogens with zero attached hydrogens (tertiary/aromatic N) is 5. The van der Waals surface area contributed by atoms with Gasteiger partial charge < -0.3 is 24.6 Å². The molecule has 5 rings (SSSR count). The van der Waals surface area contributed by atoms with Gasteiger partial charge >= 0.3 is 6.01 Å². The Balaban J connectivity index is 1.35. The number of anilines is 2. The molecule has 1 unspecified atom stereocenters. The second-order valence-corrected chi connectivity index (χ2v) is 11.2. The molecule has 1 aromatic carbocycles. The minimum absolute atomic E-state index is 0.0697. The van der Waals surface area contributed by atoms with Gasteiger partial charge in [0.15, 0.2) is 17.3 Å². The normalized spacial score (nSPS) is 20.7. The molecule has 2 aliphatic heterocycles. The first-order valence-electron chi connectivity index (χ1n) is 13.8. The first-order valence-corrected chi connectivity index (χ1v) is 15.3. The summed E-state index contributed by atoms with van der Waals surface area (Å²) in [6.07, 6.45) is 8.64. The van der Waals surface area contributed by atoms with E-state index in [-0.39, 0.29) is 36.0 Å². The summed E-state index contributed by atoms with van der Waals surface area (Å²) in [7, 11) is 3.32. The van der Waals surface area contributed by atoms with Crippen molar-refractivity contribution in [2.75, 3.05) is 41.6 Å². The second-order valence-electron chi connectivity index (χ2n) is 10.5. The molecule has 0 spiro atoms. The van der Waals surface area contributed by atoms with Crippen molar-refractivity contribution in [3.05, 3.63) is 30.0 Å². The Morgan fingerprint density at radius 1 is 1.15 bits per heavy atom. The van der Waals surface area contributed by atoms with Crippen LogP contribution in [0.2, 0.25) is 0 Å². The van der Waals surface area contributed by atoms with E-state index in [0.717, 1.165) is 62.0 Å². The molecule has 3 heterocycles. The Morgan fingerprint density at radius 3 is 2.56 bits per heavy atom. The summed E-state index contributed by atoms with van der Waals surface area (Å²) in [6, 6.07) is 5.50. The third-order valence-corrected chi connectivity index (χ3v) is 9.07. The van der Waals surface area contributed by atoms with Crippen LogP contribution in [0.1, 0.15) is 62.2 Å². The van der Waals surface area contributed by atoms with Crippen LogP contribution in [-0.2, 0) is 4.79 Å². The smallest absolute Gasteiger partial charge is 0.324 e. The maximum Gasteiger partial charge on any atom is 0.324 e. The van der Waals surface area contributed by atoms with Crippen LogP contribution in [-0.4, -0.2) is 76.6 Å². The lowest BCUT2D eigenvalue weighted by molar-refractivity contribution is -0.120. The molecular weight excluding hydrogens is 611 g/mol. The standard InChI is InChI=1S/C28H37IN6O4/c1-4-21-27(37)33(2)22-16-30-28(32-25(22)35(21)20-7-5-6-8-20)39-23-10-9-18(15-24(23)38-3)26(36)31-19-11-13-34(17-29)14-12-19/h9-10,15-16,19-21H,4-8,11-14,17H2,1-3H3,(H,31,36). The van der Waals surface area contributed by atoms with Gasteiger partial charge in [0.05, 0.1) is 17.9 Å². The molecule has 2 amide bonds. The number of piperidine rings is 1. The van der Waals surface area contributed by atoms with Crippen LogP contribution in [0, 0.1) is 0 Å². The van der Waals surface area contributed by atoms with Crippen LogP contribution in [0.4, 0.5) is 11.5 Å². The highest BCUT2D eigenvalue weighted by atomic mass is 127. The zero-order valence-electron chi connectivity index (χ0n) is 22.9. The van der Waals surface area contributed by atoms with Gasteiger partial charge in [-0.3, -0.25) is 14.5 Å². The number of methoxy groups -OCH3 is 1. The van der Waals surface area contributed by atoms with E-state index in [0.29, 0.717) is 29.2 Å². The second kappa shape index (κ2) is 12.2. The average Bonchev–Trinajstić information content (AvgIpc) is 3.50. The highest BCUT2D eigenvalue weighted by Gasteiger charge is 2.41. The van der Waals surface area contributed by atoms with Gasteiger partial charge in [0.25, 0.3) is 5.91 Å². The van der Waals surface area contributed by atoms with Crippen molar-refractivity contribution in [2.24, 2.45) is 0 Å². The van der Waals surface area contributed by atoms with Crippen molar-refractivity contribution < 1.29 is 19.1 Å². The predicted molar refractivity (Wildman–Crippen MR) is 158 cm³/mol. The van der Waals surface area contributed by atoms with E-state index in [4.69, 9.17) is 14.5 Å². The summed E-state index contributed by atoms with van der Waals surface area (Å²) in [6.45, 7) is 4.02. The zero-order chi connectivity index (χ0) is 27.5. The summed E-state index contributed by atoms with van der Waals surface area (Å²) in [5.74, 6) is 1.52. The first-order chi connectivity index (χ1) is 18.9. The van der Waals surface area contributed by atoms with Crippen molar-refractivity contribution in [2.45, 2.75) is 70.0 Å². The van der Waals surface area contributed by atoms with E-state index >= 15 is 0 Å². The fraction of sp³-hybridized carbons (Fsp3) is 0.571. The van der Waals surface area contributed by atoms with Crippen LogP contribution < -0.4 is 24.6 Å². The molecule has 1 N–H and O–H groups in total. The van der Waals surface area contributed by atoms with E-state index in [1.54, 1.807) is 43.5 Å². The van der Waals surface area contributed by atoms with E-state index in [2.05, 4.69) is 42.7 Å². The number of fused-ring (bicyclic) bond motifs is 1. The number of aromatic nitrogens is 2. The van der Waals surface area contributed by atoms with E-state index < -0.39 is 0 Å². The molecular formula is C28H37IN6O4. The van der Waals surface area contributed by atoms with Gasteiger partial charge in [-0.15, -0.1) is 0 Å². The highest BCUT2D eigenvalue weighted by molar-refractivity contribution is 14.1. The number of carbonyl (C=O) groups is 2. The molecule has 3 aliphatic rings. The van der Waals surface area contributed by atoms with Crippen LogP contribution in [0.5, 0.6) is 17.5 Å². The number of nitrogens with one attached hydrogen (secondary N) is 1. The molecule has 39 heavy (non-hydrogen) atoms. The van der Waals surface area contributed by atoms with E-state index in [9.17, 15) is 9.59 Å². The van der Waals surface area contributed by atoms with Gasteiger partial charge in [-0.1, -0.05) is 42.4 Å². The van der Waals surface area contributed by atoms with Crippen molar-refractivity contribution >= 4 is 45.9 Å². The van der Waals surface area contributed by atoms with Crippen LogP contribution >= 0.6 is 22.6 Å². The molecule has 1 saturated carbocycles. The molecule has 0 bridgehead atoms. The topological polar surface area (TPSA) is 100 Å². The van der Waals surface area contributed by atoms with Crippen molar-refractivity contribution in [1.29, 1.82) is 0 Å². The quantitative estimate of drug-likeness (QED) is 0.256. The SMILES string of the molecule is CCC1C(=O)N(C)c2cnc(Oc3ccc(C(=O)NC4CCN(CI)CC4)cc3OC)nc2N1C1CCCC1. The largest absolute Gasteiger partial charge is 0.493 e. The van der Waals surface area contributed by atoms with E-state index in [1.807, 2.05) is 6.92 Å². The number of hydrogen-bond acceptors (Lipinski definition) is 8. The maximum atomic E-state index is 13.1. The molecule has 0 radical (unpaired) electrons. The molecule has 2 aromatic rings. The lowest BCUT2D eigenvalue weighted by atomic mass is 10.0. The van der Waals surface area contributed by atoms with Gasteiger partial charge in [-0.05, 0) is 50.3 Å². The van der Waals surface area contributed by atoms with Gasteiger partial charge in [0.1, 0.15) is 11.7 Å². The van der Waals surface area contributed by atoms with Gasteiger partial charge in [0.2, 0.25) is 5.91 Å². The highest BCUT2D eigenvalue weighted by Crippen LogP contribution is 2.41. The minimum Gasteiger partial charge on any atom is -0.493 e. The Bertz CT molecular complexity index is 1200. The summed E-state index contributed by atoms with van der Waals surface area (Å²) in [4.78, 5) is 41.5. The van der Waals surface area contributed by atoms with E-state index in [1.165, 1.54) is 0 Å².